The highest BCUT2D eigenvalue weighted by atomic mass is 35.5. The molecule has 190 valence electrons. The third-order valence-corrected chi connectivity index (χ3v) is 7.56. The quantitative estimate of drug-likeness (QED) is 0.218. The number of ether oxygens (including phenoxy) is 1. The molecule has 0 aliphatic rings. The minimum absolute atomic E-state index is 0.197. The van der Waals surface area contributed by atoms with Gasteiger partial charge in [-0.1, -0.05) is 65.8 Å². The van der Waals surface area contributed by atoms with Gasteiger partial charge in [0, 0.05) is 34.7 Å². The molecule has 5 rings (SSSR count). The summed E-state index contributed by atoms with van der Waals surface area (Å²) in [5.41, 5.74) is 4.03. The highest BCUT2D eigenvalue weighted by molar-refractivity contribution is 8.00. The van der Waals surface area contributed by atoms with E-state index >= 15 is 0 Å². The summed E-state index contributed by atoms with van der Waals surface area (Å²) in [5.74, 6) is 1.09. The number of anilines is 1. The number of hydrogen-bond donors (Lipinski definition) is 1. The van der Waals surface area contributed by atoms with Crippen molar-refractivity contribution in [2.24, 2.45) is 0 Å². The molecule has 1 atom stereocenters. The molecule has 0 bridgehead atoms. The monoisotopic (exact) mass is 541 g/mol. The van der Waals surface area contributed by atoms with E-state index in [2.05, 4.69) is 20.5 Å². The number of benzene rings is 3. The van der Waals surface area contributed by atoms with Crippen LogP contribution in [0, 0.1) is 6.92 Å². The Kier molecular flexibility index (Phi) is 7.72. The fraction of sp³-hybridized carbons (Fsp3) is 0.103. The van der Waals surface area contributed by atoms with E-state index in [1.165, 1.54) is 11.8 Å². The van der Waals surface area contributed by atoms with Crippen molar-refractivity contribution < 1.29 is 9.53 Å². The van der Waals surface area contributed by atoms with Crippen LogP contribution in [-0.4, -0.2) is 32.8 Å². The molecule has 9 heteroatoms. The van der Waals surface area contributed by atoms with Crippen LogP contribution in [0.3, 0.4) is 0 Å². The summed E-state index contributed by atoms with van der Waals surface area (Å²) >= 11 is 7.82. The third kappa shape index (κ3) is 5.41. The van der Waals surface area contributed by atoms with Gasteiger partial charge in [0.25, 0.3) is 0 Å². The van der Waals surface area contributed by atoms with Gasteiger partial charge in [-0.3, -0.25) is 14.3 Å². The first-order valence-corrected chi connectivity index (χ1v) is 13.1. The molecule has 0 aliphatic carbocycles. The van der Waals surface area contributed by atoms with E-state index in [9.17, 15) is 4.79 Å². The topological polar surface area (TPSA) is 81.9 Å². The van der Waals surface area contributed by atoms with Crippen molar-refractivity contribution in [2.75, 3.05) is 12.4 Å². The van der Waals surface area contributed by atoms with Crippen molar-refractivity contribution in [1.82, 2.24) is 19.7 Å². The van der Waals surface area contributed by atoms with E-state index < -0.39 is 5.25 Å². The number of pyridine rings is 1. The molecular weight excluding hydrogens is 518 g/mol. The van der Waals surface area contributed by atoms with Crippen molar-refractivity contribution in [3.63, 3.8) is 0 Å². The summed E-state index contributed by atoms with van der Waals surface area (Å²) in [7, 11) is 1.59. The van der Waals surface area contributed by atoms with E-state index in [0.29, 0.717) is 27.4 Å². The van der Waals surface area contributed by atoms with Gasteiger partial charge in [0.1, 0.15) is 11.0 Å². The second kappa shape index (κ2) is 11.5. The molecule has 0 saturated carbocycles. The normalized spacial score (nSPS) is 11.7. The van der Waals surface area contributed by atoms with Crippen molar-refractivity contribution in [1.29, 1.82) is 0 Å². The van der Waals surface area contributed by atoms with Crippen LogP contribution < -0.4 is 10.1 Å². The smallest absolute Gasteiger partial charge is 0.242 e. The van der Waals surface area contributed by atoms with Crippen molar-refractivity contribution >= 4 is 35.0 Å². The number of hydrogen-bond acceptors (Lipinski definition) is 6. The highest BCUT2D eigenvalue weighted by Gasteiger charge is 2.27. The largest absolute Gasteiger partial charge is 0.497 e. The fourth-order valence-electron chi connectivity index (χ4n) is 4.00. The number of nitrogens with one attached hydrogen (secondary N) is 1. The van der Waals surface area contributed by atoms with Crippen LogP contribution >= 0.6 is 23.4 Å². The molecule has 1 N–H and O–H groups in total. The molecular formula is C29H24ClN5O2S. The summed E-state index contributed by atoms with van der Waals surface area (Å²) < 4.78 is 7.25. The van der Waals surface area contributed by atoms with Gasteiger partial charge in [0.05, 0.1) is 12.8 Å². The lowest BCUT2D eigenvalue weighted by Gasteiger charge is -2.19. The Balaban J connectivity index is 1.59. The van der Waals surface area contributed by atoms with Crippen LogP contribution in [0.1, 0.15) is 16.4 Å². The number of carbonyl (C=O) groups excluding carboxylic acids is 1. The Bertz CT molecular complexity index is 1560. The zero-order valence-corrected chi connectivity index (χ0v) is 22.3. The summed E-state index contributed by atoms with van der Waals surface area (Å²) in [4.78, 5) is 17.8. The minimum Gasteiger partial charge on any atom is -0.497 e. The molecule has 2 heterocycles. The zero-order valence-electron chi connectivity index (χ0n) is 20.7. The van der Waals surface area contributed by atoms with Gasteiger partial charge in [0.15, 0.2) is 11.0 Å². The van der Waals surface area contributed by atoms with Gasteiger partial charge >= 0.3 is 0 Å². The summed E-state index contributed by atoms with van der Waals surface area (Å²) in [6.45, 7) is 1.95. The van der Waals surface area contributed by atoms with Crippen LogP contribution in [0.4, 0.5) is 5.69 Å². The lowest BCUT2D eigenvalue weighted by Crippen LogP contribution is -2.19. The lowest BCUT2D eigenvalue weighted by molar-refractivity contribution is -0.115. The summed E-state index contributed by atoms with van der Waals surface area (Å²) in [6.07, 6.45) is 3.42. The van der Waals surface area contributed by atoms with E-state index in [4.69, 9.17) is 16.3 Å². The van der Waals surface area contributed by atoms with Crippen LogP contribution in [0.25, 0.3) is 17.1 Å². The SMILES string of the molecule is COc1cccc(NC(=O)C(Sc2nnc(-c3ccncc3)n2-c2cccc(Cl)c2C)c2ccccc2)c1. The molecule has 1 unspecified atom stereocenters. The van der Waals surface area contributed by atoms with E-state index in [1.807, 2.05) is 90.4 Å². The maximum atomic E-state index is 13.7. The molecule has 2 aromatic heterocycles. The summed E-state index contributed by atoms with van der Waals surface area (Å²) in [5, 5.41) is 12.6. The molecule has 0 fully saturated rings. The lowest BCUT2D eigenvalue weighted by atomic mass is 10.1. The van der Waals surface area contributed by atoms with Crippen LogP contribution in [0.15, 0.2) is 102 Å². The molecule has 38 heavy (non-hydrogen) atoms. The highest BCUT2D eigenvalue weighted by Crippen LogP contribution is 2.39. The molecule has 0 saturated heterocycles. The van der Waals surface area contributed by atoms with E-state index in [0.717, 1.165) is 22.4 Å². The van der Waals surface area contributed by atoms with E-state index in [1.54, 1.807) is 25.6 Å². The number of halogens is 1. The van der Waals surface area contributed by atoms with Gasteiger partial charge in [-0.25, -0.2) is 0 Å². The minimum atomic E-state index is -0.616. The fourth-order valence-corrected chi connectivity index (χ4v) is 5.22. The second-order valence-corrected chi connectivity index (χ2v) is 9.87. The Hall–Kier alpha value is -4.14. The second-order valence-electron chi connectivity index (χ2n) is 8.39. The molecule has 3 aromatic carbocycles. The Morgan fingerprint density at radius 3 is 2.50 bits per heavy atom. The van der Waals surface area contributed by atoms with Crippen molar-refractivity contribution in [3.8, 4) is 22.8 Å². The van der Waals surface area contributed by atoms with Gasteiger partial charge in [0.2, 0.25) is 5.91 Å². The average molecular weight is 542 g/mol. The molecule has 0 radical (unpaired) electrons. The van der Waals surface area contributed by atoms with Gasteiger partial charge in [-0.15, -0.1) is 10.2 Å². The Morgan fingerprint density at radius 1 is 0.974 bits per heavy atom. The number of aromatic nitrogens is 4. The van der Waals surface area contributed by atoms with Crippen LogP contribution in [0.2, 0.25) is 5.02 Å². The first-order valence-electron chi connectivity index (χ1n) is 11.8. The number of carbonyl (C=O) groups is 1. The molecule has 7 nitrogen and oxygen atoms in total. The van der Waals surface area contributed by atoms with E-state index in [-0.39, 0.29) is 5.91 Å². The number of thioether (sulfide) groups is 1. The maximum Gasteiger partial charge on any atom is 0.242 e. The first kappa shape index (κ1) is 25.5. The van der Waals surface area contributed by atoms with Crippen molar-refractivity contribution in [2.45, 2.75) is 17.3 Å². The first-order chi connectivity index (χ1) is 18.5. The zero-order chi connectivity index (χ0) is 26.5. The third-order valence-electron chi connectivity index (χ3n) is 5.95. The summed E-state index contributed by atoms with van der Waals surface area (Å²) in [6, 6.07) is 26.3. The number of amides is 1. The maximum absolute atomic E-state index is 13.7. The van der Waals surface area contributed by atoms with Crippen molar-refractivity contribution in [3.05, 3.63) is 113 Å². The molecule has 5 aromatic rings. The number of methoxy groups -OCH3 is 1. The molecule has 0 aliphatic heterocycles. The van der Waals surface area contributed by atoms with Gasteiger partial charge in [-0.05, 0) is 54.4 Å². The Labute approximate surface area is 229 Å². The predicted octanol–water partition coefficient (Wildman–Crippen LogP) is 6.77. The standard InChI is InChI=1S/C29H24ClN5O2S/c1-19-24(30)12-7-13-25(19)35-27(21-14-16-31-17-15-21)33-34-29(35)38-26(20-8-4-3-5-9-20)28(36)32-22-10-6-11-23(18-22)37-2/h3-18,26H,1-2H3,(H,32,36). The molecule has 1 amide bonds. The van der Waals surface area contributed by atoms with Crippen LogP contribution in [-0.2, 0) is 4.79 Å². The molecule has 0 spiro atoms. The number of nitrogens with zero attached hydrogens (tertiary/aromatic N) is 4. The van der Waals surface area contributed by atoms with Crippen LogP contribution in [0.5, 0.6) is 5.75 Å². The predicted molar refractivity (Wildman–Crippen MR) is 151 cm³/mol. The van der Waals surface area contributed by atoms with Gasteiger partial charge in [-0.2, -0.15) is 0 Å². The Morgan fingerprint density at radius 2 is 1.74 bits per heavy atom. The number of rotatable bonds is 8. The average Bonchev–Trinajstić information content (AvgIpc) is 3.37. The van der Waals surface area contributed by atoms with Gasteiger partial charge < -0.3 is 10.1 Å².